The minimum atomic E-state index is -0.175. The molecule has 1 amide bonds. The molecule has 0 atom stereocenters. The maximum atomic E-state index is 12.2. The Bertz CT molecular complexity index is 366. The third-order valence-electron chi connectivity index (χ3n) is 3.04. The summed E-state index contributed by atoms with van der Waals surface area (Å²) in [7, 11) is 1.58. The minimum absolute atomic E-state index is 0.0556. The van der Waals surface area contributed by atoms with Crippen LogP contribution in [0.4, 0.5) is 0 Å². The molecule has 5 heteroatoms. The van der Waals surface area contributed by atoms with Crippen molar-refractivity contribution >= 4 is 33.2 Å². The second-order valence-electron chi connectivity index (χ2n) is 3.89. The summed E-state index contributed by atoms with van der Waals surface area (Å²) < 4.78 is 5.16. The monoisotopic (exact) mass is 319 g/mol. The van der Waals surface area contributed by atoms with Crippen molar-refractivity contribution < 1.29 is 9.53 Å². The van der Waals surface area contributed by atoms with E-state index < -0.39 is 0 Å². The van der Waals surface area contributed by atoms with E-state index in [0.29, 0.717) is 10.6 Å². The van der Waals surface area contributed by atoms with Crippen LogP contribution < -0.4 is 10.1 Å². The number of hydrogen-bond donors (Lipinski definition) is 1. The average molecular weight is 320 g/mol. The van der Waals surface area contributed by atoms with Crippen molar-refractivity contribution in [3.8, 4) is 5.75 Å². The smallest absolute Gasteiger partial charge is 0.265 e. The molecule has 0 saturated heterocycles. The van der Waals surface area contributed by atoms with E-state index in [1.54, 1.807) is 7.11 Å². The lowest BCUT2D eigenvalue weighted by molar-refractivity contribution is 0.0905. The second kappa shape index (κ2) is 6.40. The normalized spacial score (nSPS) is 11.3. The first-order chi connectivity index (χ1) is 8.12. The molecule has 1 N–H and O–H groups in total. The van der Waals surface area contributed by atoms with E-state index >= 15 is 0 Å². The molecule has 17 heavy (non-hydrogen) atoms. The van der Waals surface area contributed by atoms with Crippen LogP contribution in [0.25, 0.3) is 0 Å². The van der Waals surface area contributed by atoms with Gasteiger partial charge in [0.1, 0.15) is 10.6 Å². The number of rotatable bonds is 6. The predicted octanol–water partition coefficient (Wildman–Crippen LogP) is 3.44. The molecule has 0 saturated carbocycles. The van der Waals surface area contributed by atoms with E-state index in [2.05, 4.69) is 35.1 Å². The first kappa shape index (κ1) is 14.5. The zero-order valence-electron chi connectivity index (χ0n) is 10.4. The fourth-order valence-corrected chi connectivity index (χ4v) is 3.26. The molecule has 1 heterocycles. The Labute approximate surface area is 115 Å². The van der Waals surface area contributed by atoms with Gasteiger partial charge >= 0.3 is 0 Å². The van der Waals surface area contributed by atoms with Gasteiger partial charge in [0.15, 0.2) is 0 Å². The summed E-state index contributed by atoms with van der Waals surface area (Å²) >= 11 is 4.88. The summed E-state index contributed by atoms with van der Waals surface area (Å²) in [5.41, 5.74) is -0.175. The molecule has 0 aliphatic heterocycles. The van der Waals surface area contributed by atoms with Crippen molar-refractivity contribution in [2.24, 2.45) is 0 Å². The number of amides is 1. The molecule has 0 radical (unpaired) electrons. The number of methoxy groups -OCH3 is 1. The van der Waals surface area contributed by atoms with Crippen LogP contribution in [0.2, 0.25) is 0 Å². The van der Waals surface area contributed by atoms with Crippen LogP contribution in [-0.2, 0) is 0 Å². The molecule has 3 nitrogen and oxygen atoms in total. The fourth-order valence-electron chi connectivity index (χ4n) is 1.57. The van der Waals surface area contributed by atoms with Crippen LogP contribution in [0, 0.1) is 0 Å². The van der Waals surface area contributed by atoms with Gasteiger partial charge in [0.2, 0.25) is 0 Å². The van der Waals surface area contributed by atoms with Crippen molar-refractivity contribution in [2.75, 3.05) is 12.4 Å². The molecule has 0 aliphatic rings. The number of nitrogens with one attached hydrogen (secondary N) is 1. The molecule has 0 aliphatic carbocycles. The number of thiophene rings is 1. The van der Waals surface area contributed by atoms with Gasteiger partial charge in [0, 0.05) is 10.9 Å². The summed E-state index contributed by atoms with van der Waals surface area (Å²) in [4.78, 5) is 12.8. The van der Waals surface area contributed by atoms with Gasteiger partial charge < -0.3 is 10.1 Å². The van der Waals surface area contributed by atoms with Gasteiger partial charge in [-0.2, -0.15) is 0 Å². The summed E-state index contributed by atoms with van der Waals surface area (Å²) in [6.45, 7) is 4.16. The van der Waals surface area contributed by atoms with Crippen LogP contribution in [0.5, 0.6) is 5.75 Å². The van der Waals surface area contributed by atoms with E-state index in [-0.39, 0.29) is 11.4 Å². The Morgan fingerprint density at radius 1 is 1.53 bits per heavy atom. The molecule has 1 rings (SSSR count). The molecule has 0 aromatic carbocycles. The van der Waals surface area contributed by atoms with Gasteiger partial charge in [0.25, 0.3) is 5.91 Å². The molecule has 0 bridgehead atoms. The molecule has 96 valence electrons. The maximum Gasteiger partial charge on any atom is 0.265 e. The largest absolute Gasteiger partial charge is 0.495 e. The van der Waals surface area contributed by atoms with Gasteiger partial charge in [-0.3, -0.25) is 4.79 Å². The van der Waals surface area contributed by atoms with E-state index in [4.69, 9.17) is 4.74 Å². The van der Waals surface area contributed by atoms with Crippen LogP contribution >= 0.6 is 27.3 Å². The second-order valence-corrected chi connectivity index (χ2v) is 5.37. The van der Waals surface area contributed by atoms with E-state index in [9.17, 15) is 4.79 Å². The predicted molar refractivity (Wildman–Crippen MR) is 75.4 cm³/mol. The summed E-state index contributed by atoms with van der Waals surface area (Å²) in [5.74, 6) is 0.586. The molecule has 0 spiro atoms. The van der Waals surface area contributed by atoms with Crippen LogP contribution in [0.3, 0.4) is 0 Å². The Hall–Kier alpha value is -0.550. The Morgan fingerprint density at radius 3 is 2.65 bits per heavy atom. The maximum absolute atomic E-state index is 12.2. The number of carbonyl (C=O) groups is 1. The number of alkyl halides is 1. The van der Waals surface area contributed by atoms with Crippen molar-refractivity contribution in [3.05, 3.63) is 16.3 Å². The van der Waals surface area contributed by atoms with E-state index in [0.717, 1.165) is 18.2 Å². The Balaban J connectivity index is 2.84. The average Bonchev–Trinajstić information content (AvgIpc) is 2.84. The zero-order chi connectivity index (χ0) is 12.9. The number of carbonyl (C=O) groups excluding carboxylic acids is 1. The van der Waals surface area contributed by atoms with Gasteiger partial charge in [0.05, 0.1) is 7.11 Å². The van der Waals surface area contributed by atoms with Gasteiger partial charge in [-0.25, -0.2) is 0 Å². The van der Waals surface area contributed by atoms with Crippen LogP contribution in [0.15, 0.2) is 11.4 Å². The number of halogens is 1. The van der Waals surface area contributed by atoms with E-state index in [1.165, 1.54) is 11.3 Å². The topological polar surface area (TPSA) is 38.3 Å². The number of hydrogen-bond acceptors (Lipinski definition) is 3. The highest BCUT2D eigenvalue weighted by atomic mass is 79.9. The quantitative estimate of drug-likeness (QED) is 0.816. The lowest BCUT2D eigenvalue weighted by Gasteiger charge is -2.30. The molecule has 0 unspecified atom stereocenters. The third-order valence-corrected chi connectivity index (χ3v) is 5.01. The van der Waals surface area contributed by atoms with Crippen LogP contribution in [0.1, 0.15) is 36.4 Å². The molecular weight excluding hydrogens is 302 g/mol. The molecular formula is C12H18BrNO2S. The van der Waals surface area contributed by atoms with Gasteiger partial charge in [-0.05, 0) is 24.3 Å². The van der Waals surface area contributed by atoms with Gasteiger partial charge in [-0.1, -0.05) is 29.8 Å². The van der Waals surface area contributed by atoms with Gasteiger partial charge in [-0.15, -0.1) is 11.3 Å². The molecule has 1 aromatic heterocycles. The summed E-state index contributed by atoms with van der Waals surface area (Å²) in [6, 6.07) is 1.81. The minimum Gasteiger partial charge on any atom is -0.495 e. The first-order valence-corrected chi connectivity index (χ1v) is 7.62. The molecule has 0 fully saturated rings. The highest BCUT2D eigenvalue weighted by Gasteiger charge is 2.28. The lowest BCUT2D eigenvalue weighted by Crippen LogP contribution is -2.48. The first-order valence-electron chi connectivity index (χ1n) is 5.62. The molecule has 1 aromatic rings. The fraction of sp³-hybridized carbons (Fsp3) is 0.583. The third kappa shape index (κ3) is 3.22. The zero-order valence-corrected chi connectivity index (χ0v) is 12.8. The van der Waals surface area contributed by atoms with E-state index in [1.807, 2.05) is 11.4 Å². The number of ether oxygens (including phenoxy) is 1. The lowest BCUT2D eigenvalue weighted by atomic mass is 9.95. The summed E-state index contributed by atoms with van der Waals surface area (Å²) in [5, 5.41) is 5.72. The SMILES string of the molecule is CCC(CC)(CBr)NC(=O)c1sccc1OC. The Morgan fingerprint density at radius 2 is 2.18 bits per heavy atom. The highest BCUT2D eigenvalue weighted by Crippen LogP contribution is 2.26. The Kier molecular flexibility index (Phi) is 5.46. The van der Waals surface area contributed by atoms with Crippen molar-refractivity contribution in [1.82, 2.24) is 5.32 Å². The standard InChI is InChI=1S/C12H18BrNO2S/c1-4-12(5-2,8-13)14-11(15)10-9(16-3)6-7-17-10/h6-7H,4-5,8H2,1-3H3,(H,14,15). The van der Waals surface area contributed by atoms with Crippen molar-refractivity contribution in [3.63, 3.8) is 0 Å². The highest BCUT2D eigenvalue weighted by molar-refractivity contribution is 9.09. The summed E-state index contributed by atoms with van der Waals surface area (Å²) in [6.07, 6.45) is 1.79. The van der Waals surface area contributed by atoms with Crippen molar-refractivity contribution in [1.29, 1.82) is 0 Å². The van der Waals surface area contributed by atoms with Crippen LogP contribution in [-0.4, -0.2) is 23.9 Å². The van der Waals surface area contributed by atoms with Crippen molar-refractivity contribution in [2.45, 2.75) is 32.2 Å².